The van der Waals surface area contributed by atoms with E-state index in [4.69, 9.17) is 9.84 Å². The van der Waals surface area contributed by atoms with Crippen molar-refractivity contribution in [3.63, 3.8) is 0 Å². The number of anilines is 2. The Morgan fingerprint density at radius 3 is 2.29 bits per heavy atom. The number of rotatable bonds is 12. The highest BCUT2D eigenvalue weighted by atomic mass is 16.5. The molecule has 0 fully saturated rings. The molecule has 0 saturated heterocycles. The van der Waals surface area contributed by atoms with Gasteiger partial charge in [0.05, 0.1) is 25.6 Å². The van der Waals surface area contributed by atoms with Crippen molar-refractivity contribution >= 4 is 35.3 Å². The summed E-state index contributed by atoms with van der Waals surface area (Å²) in [6.07, 6.45) is -0.0296. The normalized spacial score (nSPS) is 10.8. The van der Waals surface area contributed by atoms with Gasteiger partial charge < -0.3 is 36.0 Å². The van der Waals surface area contributed by atoms with Crippen LogP contribution in [0.2, 0.25) is 0 Å². The van der Waals surface area contributed by atoms with Gasteiger partial charge >= 0.3 is 18.0 Å². The lowest BCUT2D eigenvalue weighted by Crippen LogP contribution is -2.46. The second-order valence-electron chi connectivity index (χ2n) is 9.77. The fourth-order valence-electron chi connectivity index (χ4n) is 3.40. The Kier molecular flexibility index (Phi) is 10.9. The molecular weight excluding hydrogens is 490 g/mol. The molecule has 0 heterocycles. The maximum atomic E-state index is 12.6. The Labute approximate surface area is 222 Å². The lowest BCUT2D eigenvalue weighted by molar-refractivity contribution is -0.137. The van der Waals surface area contributed by atoms with Gasteiger partial charge in [-0.3, -0.25) is 9.59 Å². The predicted octanol–water partition coefficient (Wildman–Crippen LogP) is 3.45. The van der Waals surface area contributed by atoms with Crippen LogP contribution in [0, 0.1) is 12.3 Å². The summed E-state index contributed by atoms with van der Waals surface area (Å²) >= 11 is 0. The molecule has 0 aliphatic rings. The van der Waals surface area contributed by atoms with Crippen molar-refractivity contribution < 1.29 is 29.0 Å². The number of carbonyl (C=O) groups excluding carboxylic acids is 3. The third-order valence-electron chi connectivity index (χ3n) is 5.76. The third kappa shape index (κ3) is 10.00. The molecule has 0 bridgehead atoms. The number of nitrogens with one attached hydrogen (secondary N) is 4. The second-order valence-corrected chi connectivity index (χ2v) is 9.77. The Hall–Kier alpha value is -4.28. The zero-order chi connectivity index (χ0) is 28.3. The van der Waals surface area contributed by atoms with Crippen LogP contribution in [0.1, 0.15) is 31.4 Å². The summed E-state index contributed by atoms with van der Waals surface area (Å²) < 4.78 is 5.41. The van der Waals surface area contributed by atoms with Crippen molar-refractivity contribution in [3.05, 3.63) is 53.6 Å². The molecule has 0 radical (unpaired) electrons. The van der Waals surface area contributed by atoms with Gasteiger partial charge in [0.1, 0.15) is 5.75 Å². The highest BCUT2D eigenvalue weighted by Crippen LogP contribution is 2.26. The number of carboxylic acid groups (broad SMARTS) is 1. The average molecular weight is 528 g/mol. The van der Waals surface area contributed by atoms with Gasteiger partial charge in [0.25, 0.3) is 0 Å². The fourth-order valence-corrected chi connectivity index (χ4v) is 3.40. The zero-order valence-electron chi connectivity index (χ0n) is 22.5. The number of carbonyl (C=O) groups is 4. The van der Waals surface area contributed by atoms with Gasteiger partial charge in [0.15, 0.2) is 0 Å². The molecule has 5 amide bonds. The van der Waals surface area contributed by atoms with E-state index >= 15 is 0 Å². The number of aryl methyl sites for hydroxylation is 1. The van der Waals surface area contributed by atoms with Crippen LogP contribution in [0.5, 0.6) is 5.75 Å². The number of methoxy groups -OCH3 is 1. The molecule has 206 valence electrons. The molecule has 2 aromatic carbocycles. The van der Waals surface area contributed by atoms with E-state index in [1.165, 1.54) is 19.1 Å². The summed E-state index contributed by atoms with van der Waals surface area (Å²) in [5, 5.41) is 19.9. The number of carboxylic acids is 1. The lowest BCUT2D eigenvalue weighted by atomic mass is 9.93. The van der Waals surface area contributed by atoms with Gasteiger partial charge in [-0.1, -0.05) is 38.1 Å². The number of ether oxygens (including phenoxy) is 1. The van der Waals surface area contributed by atoms with Gasteiger partial charge in [0, 0.05) is 32.4 Å². The fraction of sp³-hybridized carbons (Fsp3) is 0.407. The highest BCUT2D eigenvalue weighted by Gasteiger charge is 2.21. The number of amides is 5. The maximum Gasteiger partial charge on any atom is 0.323 e. The van der Waals surface area contributed by atoms with Gasteiger partial charge in [0.2, 0.25) is 5.91 Å². The topological polar surface area (TPSA) is 149 Å². The van der Waals surface area contributed by atoms with E-state index in [0.717, 1.165) is 5.56 Å². The van der Waals surface area contributed by atoms with Crippen LogP contribution in [-0.2, 0) is 16.0 Å². The molecule has 38 heavy (non-hydrogen) atoms. The van der Waals surface area contributed by atoms with Crippen LogP contribution < -0.4 is 26.0 Å². The van der Waals surface area contributed by atoms with Crippen molar-refractivity contribution in [2.75, 3.05) is 44.4 Å². The molecule has 5 N–H and O–H groups in total. The minimum atomic E-state index is -0.972. The number of urea groups is 2. The van der Waals surface area contributed by atoms with E-state index in [1.807, 2.05) is 45.0 Å². The van der Waals surface area contributed by atoms with Gasteiger partial charge in [-0.05, 0) is 41.7 Å². The standard InChI is InChI=1S/C27H37N5O6/c1-18-8-6-7-9-20(18)30-25(36)31-21-11-10-19(14-22(21)38-5)15-23(33)28-16-27(2,3)17-29-26(37)32(4)13-12-24(34)35/h6-11,14H,12-13,15-17H2,1-5H3,(H,28,33)(H,29,37)(H,34,35)(H2,30,31,36). The van der Waals surface area contributed by atoms with Gasteiger partial charge in [-0.2, -0.15) is 0 Å². The first kappa shape index (κ1) is 29.9. The summed E-state index contributed by atoms with van der Waals surface area (Å²) in [6.45, 7) is 6.42. The van der Waals surface area contributed by atoms with E-state index in [0.29, 0.717) is 35.8 Å². The zero-order valence-corrected chi connectivity index (χ0v) is 22.5. The quantitative estimate of drug-likeness (QED) is 0.285. The van der Waals surface area contributed by atoms with E-state index in [2.05, 4.69) is 21.3 Å². The van der Waals surface area contributed by atoms with Crippen LogP contribution in [0.3, 0.4) is 0 Å². The molecule has 0 atom stereocenters. The van der Waals surface area contributed by atoms with E-state index in [9.17, 15) is 19.2 Å². The molecule has 0 spiro atoms. The van der Waals surface area contributed by atoms with E-state index in [1.54, 1.807) is 18.2 Å². The molecule has 0 unspecified atom stereocenters. The molecule has 0 aliphatic heterocycles. The highest BCUT2D eigenvalue weighted by molar-refractivity contribution is 6.01. The minimum Gasteiger partial charge on any atom is -0.495 e. The number of hydrogen-bond acceptors (Lipinski definition) is 5. The Bertz CT molecular complexity index is 1150. The SMILES string of the molecule is COc1cc(CC(=O)NCC(C)(C)CNC(=O)N(C)CCC(=O)O)ccc1NC(=O)Nc1ccccc1C. The van der Waals surface area contributed by atoms with Gasteiger partial charge in [-0.15, -0.1) is 0 Å². The number of aliphatic carboxylic acids is 1. The van der Waals surface area contributed by atoms with E-state index < -0.39 is 17.4 Å². The van der Waals surface area contributed by atoms with Crippen molar-refractivity contribution in [1.82, 2.24) is 15.5 Å². The first-order valence-electron chi connectivity index (χ1n) is 12.2. The Morgan fingerprint density at radius 1 is 0.974 bits per heavy atom. The molecule has 0 saturated carbocycles. The summed E-state index contributed by atoms with van der Waals surface area (Å²) in [4.78, 5) is 49.1. The Balaban J connectivity index is 1.86. The van der Waals surface area contributed by atoms with Crippen LogP contribution in [-0.4, -0.2) is 67.7 Å². The number of nitrogens with zero attached hydrogens (tertiary/aromatic N) is 1. The van der Waals surface area contributed by atoms with Crippen LogP contribution in [0.15, 0.2) is 42.5 Å². The molecule has 11 nitrogen and oxygen atoms in total. The third-order valence-corrected chi connectivity index (χ3v) is 5.76. The van der Waals surface area contributed by atoms with Crippen molar-refractivity contribution in [2.45, 2.75) is 33.6 Å². The minimum absolute atomic E-state index is 0.104. The lowest BCUT2D eigenvalue weighted by Gasteiger charge is -2.27. The van der Waals surface area contributed by atoms with E-state index in [-0.39, 0.29) is 31.3 Å². The van der Waals surface area contributed by atoms with Crippen molar-refractivity contribution in [3.8, 4) is 5.75 Å². The molecule has 2 aromatic rings. The van der Waals surface area contributed by atoms with Crippen LogP contribution in [0.25, 0.3) is 0 Å². The summed E-state index contributed by atoms with van der Waals surface area (Å²) in [5.74, 6) is -0.756. The predicted molar refractivity (Wildman–Crippen MR) is 146 cm³/mol. The van der Waals surface area contributed by atoms with Crippen LogP contribution in [0.4, 0.5) is 21.0 Å². The number of benzene rings is 2. The van der Waals surface area contributed by atoms with Crippen LogP contribution >= 0.6 is 0 Å². The van der Waals surface area contributed by atoms with Gasteiger partial charge in [-0.25, -0.2) is 9.59 Å². The molecule has 0 aliphatic carbocycles. The molecule has 0 aromatic heterocycles. The molecule has 11 heteroatoms. The van der Waals surface area contributed by atoms with Crippen molar-refractivity contribution in [1.29, 1.82) is 0 Å². The smallest absolute Gasteiger partial charge is 0.323 e. The number of hydrogen-bond donors (Lipinski definition) is 5. The number of para-hydroxylation sites is 1. The monoisotopic (exact) mass is 527 g/mol. The van der Waals surface area contributed by atoms with Crippen molar-refractivity contribution in [2.24, 2.45) is 5.41 Å². The first-order valence-corrected chi connectivity index (χ1v) is 12.2. The Morgan fingerprint density at radius 2 is 1.63 bits per heavy atom. The first-order chi connectivity index (χ1) is 17.9. The molecule has 2 rings (SSSR count). The average Bonchev–Trinajstić information content (AvgIpc) is 2.87. The summed E-state index contributed by atoms with van der Waals surface area (Å²) in [6, 6.07) is 11.8. The summed E-state index contributed by atoms with van der Waals surface area (Å²) in [7, 11) is 3.01. The molecular formula is C27H37N5O6. The maximum absolute atomic E-state index is 12.6. The second kappa shape index (κ2) is 13.9. The largest absolute Gasteiger partial charge is 0.495 e. The summed E-state index contributed by atoms with van der Waals surface area (Å²) in [5.41, 5.74) is 2.37.